The SMILES string of the molecule is O=C(Oc1ccccc1)[C@@H](O)c1ccccc1. The van der Waals surface area contributed by atoms with Crippen LogP contribution in [0.3, 0.4) is 0 Å². The number of carbonyl (C=O) groups excluding carboxylic acids is 1. The fraction of sp³-hybridized carbons (Fsp3) is 0.0714. The Morgan fingerprint density at radius 2 is 1.47 bits per heavy atom. The van der Waals surface area contributed by atoms with Crippen molar-refractivity contribution in [3.05, 3.63) is 66.2 Å². The molecule has 0 aliphatic rings. The van der Waals surface area contributed by atoms with Crippen LogP contribution in [0.2, 0.25) is 0 Å². The fourth-order valence-electron chi connectivity index (χ4n) is 1.43. The number of aliphatic hydroxyl groups excluding tert-OH is 1. The molecule has 0 radical (unpaired) electrons. The van der Waals surface area contributed by atoms with Gasteiger partial charge in [0.15, 0.2) is 6.10 Å². The van der Waals surface area contributed by atoms with Gasteiger partial charge in [0.05, 0.1) is 0 Å². The molecule has 0 aromatic heterocycles. The Bertz CT molecular complexity index is 479. The second-order valence-electron chi connectivity index (χ2n) is 3.55. The van der Waals surface area contributed by atoms with Crippen LogP contribution >= 0.6 is 0 Å². The molecule has 0 aliphatic carbocycles. The van der Waals surface area contributed by atoms with Crippen LogP contribution in [-0.2, 0) is 4.79 Å². The van der Waals surface area contributed by atoms with Gasteiger partial charge in [-0.25, -0.2) is 4.79 Å². The van der Waals surface area contributed by atoms with Crippen molar-refractivity contribution in [2.45, 2.75) is 6.10 Å². The van der Waals surface area contributed by atoms with Crippen LogP contribution in [0.1, 0.15) is 11.7 Å². The largest absolute Gasteiger partial charge is 0.424 e. The fourth-order valence-corrected chi connectivity index (χ4v) is 1.43. The van der Waals surface area contributed by atoms with Crippen molar-refractivity contribution in [3.63, 3.8) is 0 Å². The molecule has 2 aromatic rings. The highest BCUT2D eigenvalue weighted by atomic mass is 16.5. The molecule has 86 valence electrons. The summed E-state index contributed by atoms with van der Waals surface area (Å²) in [5.41, 5.74) is 0.522. The van der Waals surface area contributed by atoms with Gasteiger partial charge < -0.3 is 9.84 Å². The maximum atomic E-state index is 11.6. The maximum absolute atomic E-state index is 11.6. The average Bonchev–Trinajstić information content (AvgIpc) is 2.40. The van der Waals surface area contributed by atoms with Crippen molar-refractivity contribution in [1.82, 2.24) is 0 Å². The van der Waals surface area contributed by atoms with Crippen molar-refractivity contribution in [1.29, 1.82) is 0 Å². The lowest BCUT2D eigenvalue weighted by Gasteiger charge is -2.10. The third-order valence-corrected chi connectivity index (χ3v) is 2.30. The normalized spacial score (nSPS) is 11.8. The molecule has 0 spiro atoms. The second kappa shape index (κ2) is 5.27. The summed E-state index contributed by atoms with van der Waals surface area (Å²) in [6.45, 7) is 0. The second-order valence-corrected chi connectivity index (χ2v) is 3.55. The highest BCUT2D eigenvalue weighted by Crippen LogP contribution is 2.16. The van der Waals surface area contributed by atoms with Crippen molar-refractivity contribution in [3.8, 4) is 5.75 Å². The lowest BCUT2D eigenvalue weighted by Crippen LogP contribution is -2.18. The Morgan fingerprint density at radius 3 is 2.06 bits per heavy atom. The first-order chi connectivity index (χ1) is 8.27. The molecular formula is C14H12O3. The van der Waals surface area contributed by atoms with Crippen LogP contribution in [-0.4, -0.2) is 11.1 Å². The molecule has 0 bridgehead atoms. The van der Waals surface area contributed by atoms with Gasteiger partial charge in [-0.2, -0.15) is 0 Å². The van der Waals surface area contributed by atoms with E-state index >= 15 is 0 Å². The van der Waals surface area contributed by atoms with Crippen molar-refractivity contribution < 1.29 is 14.6 Å². The highest BCUT2D eigenvalue weighted by Gasteiger charge is 2.19. The van der Waals surface area contributed by atoms with Gasteiger partial charge in [0.1, 0.15) is 5.75 Å². The Labute approximate surface area is 99.3 Å². The van der Waals surface area contributed by atoms with E-state index in [9.17, 15) is 9.90 Å². The van der Waals surface area contributed by atoms with Crippen molar-refractivity contribution in [2.75, 3.05) is 0 Å². The molecular weight excluding hydrogens is 216 g/mol. The van der Waals surface area contributed by atoms with Crippen molar-refractivity contribution in [2.24, 2.45) is 0 Å². The van der Waals surface area contributed by atoms with E-state index < -0.39 is 12.1 Å². The maximum Gasteiger partial charge on any atom is 0.345 e. The van der Waals surface area contributed by atoms with Gasteiger partial charge in [0.2, 0.25) is 0 Å². The van der Waals surface area contributed by atoms with Crippen LogP contribution in [0, 0.1) is 0 Å². The molecule has 0 saturated heterocycles. The minimum atomic E-state index is -1.25. The number of carbonyl (C=O) groups is 1. The van der Waals surface area contributed by atoms with Gasteiger partial charge in [-0.1, -0.05) is 48.5 Å². The number of hydrogen-bond donors (Lipinski definition) is 1. The summed E-state index contributed by atoms with van der Waals surface area (Å²) in [6, 6.07) is 17.4. The van der Waals surface area contributed by atoms with E-state index in [0.717, 1.165) is 0 Å². The minimum absolute atomic E-state index is 0.424. The number of aliphatic hydroxyl groups is 1. The van der Waals surface area contributed by atoms with Gasteiger partial charge in [-0.3, -0.25) is 0 Å². The average molecular weight is 228 g/mol. The third-order valence-electron chi connectivity index (χ3n) is 2.30. The molecule has 0 amide bonds. The van der Waals surface area contributed by atoms with E-state index in [1.165, 1.54) is 0 Å². The molecule has 0 heterocycles. The van der Waals surface area contributed by atoms with Crippen LogP contribution in [0.5, 0.6) is 5.75 Å². The zero-order valence-electron chi connectivity index (χ0n) is 9.11. The number of hydrogen-bond acceptors (Lipinski definition) is 3. The smallest absolute Gasteiger partial charge is 0.345 e. The van der Waals surface area contributed by atoms with Crippen LogP contribution in [0.4, 0.5) is 0 Å². The zero-order chi connectivity index (χ0) is 12.1. The first-order valence-corrected chi connectivity index (χ1v) is 5.27. The van der Waals surface area contributed by atoms with Crippen molar-refractivity contribution >= 4 is 5.97 Å². The van der Waals surface area contributed by atoms with Gasteiger partial charge >= 0.3 is 5.97 Å². The Balaban J connectivity index is 2.06. The summed E-state index contributed by atoms with van der Waals surface area (Å²) in [4.78, 5) is 11.6. The predicted octanol–water partition coefficient (Wildman–Crippen LogP) is 2.33. The first-order valence-electron chi connectivity index (χ1n) is 5.27. The summed E-state index contributed by atoms with van der Waals surface area (Å²) >= 11 is 0. The number of para-hydroxylation sites is 1. The van der Waals surface area contributed by atoms with E-state index in [1.807, 2.05) is 12.1 Å². The minimum Gasteiger partial charge on any atom is -0.424 e. The Hall–Kier alpha value is -2.13. The van der Waals surface area contributed by atoms with Crippen LogP contribution in [0.25, 0.3) is 0 Å². The lowest BCUT2D eigenvalue weighted by atomic mass is 10.1. The summed E-state index contributed by atoms with van der Waals surface area (Å²) in [6.07, 6.45) is -1.25. The number of esters is 1. The van der Waals surface area contributed by atoms with Gasteiger partial charge in [-0.15, -0.1) is 0 Å². The van der Waals surface area contributed by atoms with E-state index in [1.54, 1.807) is 48.5 Å². The molecule has 0 aliphatic heterocycles. The summed E-state index contributed by atoms with van der Waals surface area (Å²) < 4.78 is 5.04. The van der Waals surface area contributed by atoms with E-state index in [0.29, 0.717) is 11.3 Å². The van der Waals surface area contributed by atoms with Crippen LogP contribution in [0.15, 0.2) is 60.7 Å². The molecule has 2 aromatic carbocycles. The molecule has 0 saturated carbocycles. The molecule has 2 rings (SSSR count). The monoisotopic (exact) mass is 228 g/mol. The summed E-state index contributed by atoms with van der Waals surface area (Å²) in [5.74, 6) is -0.255. The van der Waals surface area contributed by atoms with E-state index in [2.05, 4.69) is 0 Å². The van der Waals surface area contributed by atoms with Gasteiger partial charge in [-0.05, 0) is 17.7 Å². The molecule has 1 N–H and O–H groups in total. The Kier molecular flexibility index (Phi) is 3.52. The van der Waals surface area contributed by atoms with Gasteiger partial charge in [0, 0.05) is 0 Å². The Morgan fingerprint density at radius 1 is 0.941 bits per heavy atom. The zero-order valence-corrected chi connectivity index (χ0v) is 9.11. The first kappa shape index (κ1) is 11.4. The number of ether oxygens (including phenoxy) is 1. The quantitative estimate of drug-likeness (QED) is 0.647. The number of rotatable bonds is 3. The van der Waals surface area contributed by atoms with E-state index in [-0.39, 0.29) is 0 Å². The van der Waals surface area contributed by atoms with Gasteiger partial charge in [0.25, 0.3) is 0 Å². The summed E-state index contributed by atoms with van der Waals surface area (Å²) in [5, 5.41) is 9.78. The lowest BCUT2D eigenvalue weighted by molar-refractivity contribution is -0.144. The van der Waals surface area contributed by atoms with E-state index in [4.69, 9.17) is 4.74 Å². The predicted molar refractivity (Wildman–Crippen MR) is 63.5 cm³/mol. The summed E-state index contributed by atoms with van der Waals surface area (Å²) in [7, 11) is 0. The number of benzene rings is 2. The molecule has 17 heavy (non-hydrogen) atoms. The standard InChI is InChI=1S/C14H12O3/c15-13(11-7-3-1-4-8-11)14(16)17-12-9-5-2-6-10-12/h1-10,13,15H/t13-/m0/s1. The topological polar surface area (TPSA) is 46.5 Å². The molecule has 3 nitrogen and oxygen atoms in total. The van der Waals surface area contributed by atoms with Crippen LogP contribution < -0.4 is 4.74 Å². The molecule has 3 heteroatoms. The highest BCUT2D eigenvalue weighted by molar-refractivity contribution is 5.78. The molecule has 0 fully saturated rings. The molecule has 0 unspecified atom stereocenters. The third kappa shape index (κ3) is 2.92. The molecule has 1 atom stereocenters.